The third-order valence-corrected chi connectivity index (χ3v) is 4.37. The van der Waals surface area contributed by atoms with Crippen molar-refractivity contribution >= 4 is 23.2 Å². The highest BCUT2D eigenvalue weighted by Crippen LogP contribution is 2.34. The summed E-state index contributed by atoms with van der Waals surface area (Å²) < 4.78 is 5.44. The number of amides is 1. The number of carbonyl (C=O) groups excluding carboxylic acids is 1. The van der Waals surface area contributed by atoms with Crippen LogP contribution in [-0.4, -0.2) is 21.0 Å². The average molecular weight is 391 g/mol. The first-order valence-corrected chi connectivity index (χ1v) is 8.90. The second kappa shape index (κ2) is 7.62. The van der Waals surface area contributed by atoms with Gasteiger partial charge in [-0.15, -0.1) is 0 Å². The van der Waals surface area contributed by atoms with Crippen LogP contribution in [0.1, 0.15) is 15.9 Å². The molecule has 0 aliphatic carbocycles. The summed E-state index contributed by atoms with van der Waals surface area (Å²) in [6, 6.07) is 16.0. The molecule has 4 rings (SSSR count). The van der Waals surface area contributed by atoms with Gasteiger partial charge in [-0.2, -0.15) is 4.98 Å². The first-order chi connectivity index (χ1) is 13.6. The molecule has 28 heavy (non-hydrogen) atoms. The lowest BCUT2D eigenvalue weighted by Crippen LogP contribution is -2.13. The molecule has 4 aromatic rings. The zero-order chi connectivity index (χ0) is 19.5. The first-order valence-electron chi connectivity index (χ1n) is 8.53. The van der Waals surface area contributed by atoms with E-state index in [-0.39, 0.29) is 11.8 Å². The quantitative estimate of drug-likeness (QED) is 0.529. The number of hydrogen-bond acceptors (Lipinski definition) is 5. The van der Waals surface area contributed by atoms with Gasteiger partial charge in [0.1, 0.15) is 0 Å². The summed E-state index contributed by atoms with van der Waals surface area (Å²) in [5, 5.41) is 7.46. The molecule has 0 saturated heterocycles. The molecule has 0 aliphatic rings. The van der Waals surface area contributed by atoms with Gasteiger partial charge in [-0.25, -0.2) is 0 Å². The maximum Gasteiger partial charge on any atom is 0.260 e. The molecule has 0 saturated carbocycles. The molecule has 6 nitrogen and oxygen atoms in total. The van der Waals surface area contributed by atoms with E-state index in [1.165, 1.54) is 0 Å². The molecule has 0 atom stereocenters. The molecule has 0 unspecified atom stereocenters. The Hall–Kier alpha value is -3.51. The van der Waals surface area contributed by atoms with Crippen molar-refractivity contribution in [2.24, 2.45) is 0 Å². The van der Waals surface area contributed by atoms with Gasteiger partial charge >= 0.3 is 0 Å². The fraction of sp³-hybridized carbons (Fsp3) is 0.0476. The number of benzene rings is 2. The van der Waals surface area contributed by atoms with Gasteiger partial charge in [0.15, 0.2) is 0 Å². The van der Waals surface area contributed by atoms with Crippen LogP contribution in [0.5, 0.6) is 0 Å². The molecule has 0 spiro atoms. The number of aryl methyl sites for hydroxylation is 1. The molecule has 1 N–H and O–H groups in total. The molecule has 2 aromatic heterocycles. The van der Waals surface area contributed by atoms with Crippen LogP contribution in [0.4, 0.5) is 5.69 Å². The van der Waals surface area contributed by atoms with Gasteiger partial charge in [0.25, 0.3) is 11.8 Å². The lowest BCUT2D eigenvalue weighted by Gasteiger charge is -2.12. The molecule has 0 aliphatic heterocycles. The molecule has 138 valence electrons. The highest BCUT2D eigenvalue weighted by Gasteiger charge is 2.19. The summed E-state index contributed by atoms with van der Waals surface area (Å²) in [6.45, 7) is 1.86. The van der Waals surface area contributed by atoms with Crippen LogP contribution in [0, 0.1) is 6.92 Å². The minimum atomic E-state index is -0.237. The van der Waals surface area contributed by atoms with E-state index in [1.807, 2.05) is 31.2 Å². The van der Waals surface area contributed by atoms with Crippen molar-refractivity contribution in [2.45, 2.75) is 6.92 Å². The number of nitrogens with one attached hydrogen (secondary N) is 1. The fourth-order valence-corrected chi connectivity index (χ4v) is 3.07. The minimum Gasteiger partial charge on any atom is -0.334 e. The molecule has 2 heterocycles. The predicted octanol–water partition coefficient (Wildman–Crippen LogP) is 5.01. The van der Waals surface area contributed by atoms with Crippen molar-refractivity contribution < 1.29 is 9.32 Å². The van der Waals surface area contributed by atoms with Crippen molar-refractivity contribution in [1.29, 1.82) is 0 Å². The van der Waals surface area contributed by atoms with E-state index in [1.54, 1.807) is 42.7 Å². The van der Waals surface area contributed by atoms with Gasteiger partial charge in [0.05, 0.1) is 11.3 Å². The molecule has 0 fully saturated rings. The molecule has 0 radical (unpaired) electrons. The van der Waals surface area contributed by atoms with Gasteiger partial charge in [0, 0.05) is 28.5 Å². The van der Waals surface area contributed by atoms with Crippen LogP contribution in [0.3, 0.4) is 0 Å². The van der Waals surface area contributed by atoms with Crippen molar-refractivity contribution in [2.75, 3.05) is 5.32 Å². The Morgan fingerprint density at radius 2 is 1.93 bits per heavy atom. The van der Waals surface area contributed by atoms with Crippen LogP contribution in [0.2, 0.25) is 5.02 Å². The van der Waals surface area contributed by atoms with Gasteiger partial charge in [0.2, 0.25) is 5.82 Å². The van der Waals surface area contributed by atoms with Gasteiger partial charge in [-0.3, -0.25) is 9.78 Å². The Kier molecular flexibility index (Phi) is 4.87. The maximum atomic E-state index is 12.6. The number of carbonyl (C=O) groups is 1. The normalized spacial score (nSPS) is 10.6. The predicted molar refractivity (Wildman–Crippen MR) is 107 cm³/mol. The Morgan fingerprint density at radius 3 is 2.68 bits per heavy atom. The average Bonchev–Trinajstić information content (AvgIpc) is 3.21. The monoisotopic (exact) mass is 390 g/mol. The topological polar surface area (TPSA) is 80.9 Å². The first kappa shape index (κ1) is 17.9. The number of rotatable bonds is 4. The van der Waals surface area contributed by atoms with E-state index in [9.17, 15) is 4.79 Å². The van der Waals surface area contributed by atoms with E-state index >= 15 is 0 Å². The van der Waals surface area contributed by atoms with Gasteiger partial charge in [-0.1, -0.05) is 35.0 Å². The fourth-order valence-electron chi connectivity index (χ4n) is 2.80. The smallest absolute Gasteiger partial charge is 0.260 e. The number of hydrogen-bond donors (Lipinski definition) is 1. The summed E-state index contributed by atoms with van der Waals surface area (Å²) in [5.41, 5.74) is 3.18. The largest absolute Gasteiger partial charge is 0.334 e. The second-order valence-electron chi connectivity index (χ2n) is 6.13. The van der Waals surface area contributed by atoms with E-state index < -0.39 is 0 Å². The number of pyridine rings is 1. The number of halogens is 1. The standard InChI is InChI=1S/C21H15ClN4O2/c1-13-10-16(22)11-17(18(13)24-20(27)14-6-3-2-4-7-14)21-25-19(26-28-21)15-8-5-9-23-12-15/h2-12H,1H3,(H,24,27). The van der Waals surface area contributed by atoms with E-state index in [2.05, 4.69) is 20.4 Å². The highest BCUT2D eigenvalue weighted by molar-refractivity contribution is 6.31. The molecular formula is C21H15ClN4O2. The Morgan fingerprint density at radius 1 is 1.11 bits per heavy atom. The van der Waals surface area contributed by atoms with Crippen LogP contribution in [-0.2, 0) is 0 Å². The molecule has 1 amide bonds. The Labute approximate surface area is 166 Å². The third-order valence-electron chi connectivity index (χ3n) is 4.15. The number of aromatic nitrogens is 3. The third kappa shape index (κ3) is 3.63. The van der Waals surface area contributed by atoms with Crippen molar-refractivity contribution in [3.05, 3.63) is 83.1 Å². The van der Waals surface area contributed by atoms with Crippen molar-refractivity contribution in [3.8, 4) is 22.8 Å². The summed E-state index contributed by atoms with van der Waals surface area (Å²) in [5.74, 6) is 0.424. The zero-order valence-corrected chi connectivity index (χ0v) is 15.6. The maximum absolute atomic E-state index is 12.6. The number of anilines is 1. The van der Waals surface area contributed by atoms with Gasteiger partial charge < -0.3 is 9.84 Å². The Bertz CT molecular complexity index is 1130. The second-order valence-corrected chi connectivity index (χ2v) is 6.57. The minimum absolute atomic E-state index is 0.237. The summed E-state index contributed by atoms with van der Waals surface area (Å²) >= 11 is 6.24. The molecule has 7 heteroatoms. The van der Waals surface area contributed by atoms with Gasteiger partial charge in [-0.05, 0) is 48.9 Å². The SMILES string of the molecule is Cc1cc(Cl)cc(-c2nc(-c3cccnc3)no2)c1NC(=O)c1ccccc1. The van der Waals surface area contributed by atoms with Crippen LogP contribution < -0.4 is 5.32 Å². The molecule has 0 bridgehead atoms. The number of nitrogens with zero attached hydrogens (tertiary/aromatic N) is 3. The van der Waals surface area contributed by atoms with E-state index in [0.29, 0.717) is 27.7 Å². The summed E-state index contributed by atoms with van der Waals surface area (Å²) in [6.07, 6.45) is 3.32. The van der Waals surface area contributed by atoms with Crippen LogP contribution >= 0.6 is 11.6 Å². The Balaban J connectivity index is 1.73. The van der Waals surface area contributed by atoms with Crippen LogP contribution in [0.15, 0.2) is 71.5 Å². The summed E-state index contributed by atoms with van der Waals surface area (Å²) in [7, 11) is 0. The van der Waals surface area contributed by atoms with E-state index in [4.69, 9.17) is 16.1 Å². The zero-order valence-electron chi connectivity index (χ0n) is 14.9. The van der Waals surface area contributed by atoms with Crippen LogP contribution in [0.25, 0.3) is 22.8 Å². The van der Waals surface area contributed by atoms with Crippen molar-refractivity contribution in [1.82, 2.24) is 15.1 Å². The van der Waals surface area contributed by atoms with E-state index in [0.717, 1.165) is 11.1 Å². The lowest BCUT2D eigenvalue weighted by atomic mass is 10.1. The molecule has 2 aromatic carbocycles. The lowest BCUT2D eigenvalue weighted by molar-refractivity contribution is 0.102. The highest BCUT2D eigenvalue weighted by atomic mass is 35.5. The van der Waals surface area contributed by atoms with Crippen molar-refractivity contribution in [3.63, 3.8) is 0 Å². The molecular weight excluding hydrogens is 376 g/mol. The summed E-state index contributed by atoms with van der Waals surface area (Å²) in [4.78, 5) is 21.2.